The Hall–Kier alpha value is -1.15. The van der Waals surface area contributed by atoms with Crippen molar-refractivity contribution in [3.63, 3.8) is 0 Å². The molecule has 2 heterocycles. The van der Waals surface area contributed by atoms with Crippen LogP contribution in [0.4, 0.5) is 0 Å². The summed E-state index contributed by atoms with van der Waals surface area (Å²) in [6.45, 7) is 3.31. The largest absolute Gasteiger partial charge is 0.447 e. The third-order valence-corrected chi connectivity index (χ3v) is 5.55. The molecule has 2 aromatic rings. The predicted molar refractivity (Wildman–Crippen MR) is 79.2 cm³/mol. The Bertz CT molecular complexity index is 671. The van der Waals surface area contributed by atoms with Crippen LogP contribution in [0.2, 0.25) is 0 Å². The number of thiophene rings is 1. The Balaban J connectivity index is 1.96. The van der Waals surface area contributed by atoms with Gasteiger partial charge >= 0.3 is 0 Å². The molecule has 0 radical (unpaired) electrons. The Labute approximate surface area is 123 Å². The van der Waals surface area contributed by atoms with Gasteiger partial charge in [0, 0.05) is 20.6 Å². The lowest BCUT2D eigenvalue weighted by Gasteiger charge is -2.08. The molecule has 0 saturated carbocycles. The summed E-state index contributed by atoms with van der Waals surface area (Å²) in [6, 6.07) is 3.17. The Kier molecular flexibility index (Phi) is 4.64. The van der Waals surface area contributed by atoms with Crippen LogP contribution in [0.1, 0.15) is 16.9 Å². The molecule has 2 aromatic heterocycles. The van der Waals surface area contributed by atoms with Crippen molar-refractivity contribution in [2.45, 2.75) is 25.1 Å². The van der Waals surface area contributed by atoms with E-state index in [4.69, 9.17) is 4.42 Å². The van der Waals surface area contributed by atoms with Gasteiger partial charge in [0.15, 0.2) is 0 Å². The van der Waals surface area contributed by atoms with Crippen molar-refractivity contribution in [1.29, 1.82) is 0 Å². The minimum Gasteiger partial charge on any atom is -0.447 e. The summed E-state index contributed by atoms with van der Waals surface area (Å²) in [6.07, 6.45) is 0. The molecule has 0 bridgehead atoms. The lowest BCUT2D eigenvalue weighted by molar-refractivity contribution is 0.389. The van der Waals surface area contributed by atoms with Crippen LogP contribution in [0.15, 0.2) is 32.4 Å². The summed E-state index contributed by atoms with van der Waals surface area (Å²) in [5.74, 6) is 0.610. The summed E-state index contributed by atoms with van der Waals surface area (Å²) in [7, 11) is -0.528. The third kappa shape index (κ3) is 3.29. The fourth-order valence-corrected chi connectivity index (χ4v) is 3.33. The van der Waals surface area contributed by atoms with Gasteiger partial charge in [0.1, 0.15) is 5.76 Å². The van der Waals surface area contributed by atoms with E-state index in [0.29, 0.717) is 12.3 Å². The maximum absolute atomic E-state index is 11.9. The first-order valence-electron chi connectivity index (χ1n) is 6.15. The third-order valence-electron chi connectivity index (χ3n) is 2.95. The van der Waals surface area contributed by atoms with Gasteiger partial charge in [0.2, 0.25) is 5.09 Å². The number of furan rings is 1. The lowest BCUT2D eigenvalue weighted by Crippen LogP contribution is -2.21. The van der Waals surface area contributed by atoms with Crippen LogP contribution in [0.25, 0.3) is 0 Å². The van der Waals surface area contributed by atoms with E-state index in [1.54, 1.807) is 17.4 Å². The van der Waals surface area contributed by atoms with Crippen molar-refractivity contribution in [1.82, 2.24) is 9.62 Å². The molecule has 7 heteroatoms. The minimum absolute atomic E-state index is 0.0222. The maximum Gasteiger partial charge on any atom is 0.275 e. The van der Waals surface area contributed by atoms with Gasteiger partial charge in [-0.2, -0.15) is 11.3 Å². The van der Waals surface area contributed by atoms with Gasteiger partial charge in [0.25, 0.3) is 10.0 Å². The zero-order valence-electron chi connectivity index (χ0n) is 11.7. The molecule has 0 saturated heterocycles. The van der Waals surface area contributed by atoms with E-state index in [1.807, 2.05) is 0 Å². The average Bonchev–Trinajstić information content (AvgIpc) is 2.99. The molecule has 0 spiro atoms. The maximum atomic E-state index is 11.9. The van der Waals surface area contributed by atoms with Crippen LogP contribution in [-0.4, -0.2) is 26.8 Å². The Morgan fingerprint density at radius 3 is 2.60 bits per heavy atom. The molecule has 110 valence electrons. The van der Waals surface area contributed by atoms with Crippen molar-refractivity contribution in [2.75, 3.05) is 14.1 Å². The van der Waals surface area contributed by atoms with Gasteiger partial charge in [-0.25, -0.2) is 12.7 Å². The van der Waals surface area contributed by atoms with Gasteiger partial charge < -0.3 is 9.73 Å². The van der Waals surface area contributed by atoms with Crippen molar-refractivity contribution in [3.05, 3.63) is 39.8 Å². The highest BCUT2D eigenvalue weighted by Crippen LogP contribution is 2.17. The molecule has 0 unspecified atom stereocenters. The van der Waals surface area contributed by atoms with Crippen LogP contribution in [0.5, 0.6) is 0 Å². The molecular formula is C13H18N2O3S2. The van der Waals surface area contributed by atoms with Gasteiger partial charge in [-0.1, -0.05) is 0 Å². The van der Waals surface area contributed by atoms with E-state index in [0.717, 1.165) is 10.8 Å². The van der Waals surface area contributed by atoms with Crippen molar-refractivity contribution >= 4 is 21.4 Å². The SMILES string of the molecule is Cc1cscc1CNCc1ccc(S(=O)(=O)N(C)C)o1. The number of nitrogens with zero attached hydrogens (tertiary/aromatic N) is 1. The first-order valence-corrected chi connectivity index (χ1v) is 8.53. The first kappa shape index (κ1) is 15.2. The molecule has 0 aliphatic rings. The topological polar surface area (TPSA) is 62.6 Å². The normalized spacial score (nSPS) is 12.2. The Morgan fingerprint density at radius 2 is 2.00 bits per heavy atom. The van der Waals surface area contributed by atoms with Crippen LogP contribution in [0.3, 0.4) is 0 Å². The fourth-order valence-electron chi connectivity index (χ4n) is 1.66. The average molecular weight is 314 g/mol. The monoisotopic (exact) mass is 314 g/mol. The van der Waals surface area contributed by atoms with Gasteiger partial charge in [0.05, 0.1) is 6.54 Å². The van der Waals surface area contributed by atoms with Crippen molar-refractivity contribution in [2.24, 2.45) is 0 Å². The number of hydrogen-bond acceptors (Lipinski definition) is 5. The molecule has 1 N–H and O–H groups in total. The van der Waals surface area contributed by atoms with Crippen molar-refractivity contribution < 1.29 is 12.8 Å². The predicted octanol–water partition coefficient (Wildman–Crippen LogP) is 2.19. The van der Waals surface area contributed by atoms with E-state index >= 15 is 0 Å². The van der Waals surface area contributed by atoms with Gasteiger partial charge in [-0.3, -0.25) is 0 Å². The Morgan fingerprint density at radius 1 is 1.25 bits per heavy atom. The molecular weight excluding hydrogens is 296 g/mol. The molecule has 2 rings (SSSR count). The molecule has 0 amide bonds. The highest BCUT2D eigenvalue weighted by atomic mass is 32.2. The summed E-state index contributed by atoms with van der Waals surface area (Å²) in [5.41, 5.74) is 2.51. The fraction of sp³-hybridized carbons (Fsp3) is 0.385. The molecule has 0 aliphatic carbocycles. The van der Waals surface area contributed by atoms with Crippen LogP contribution in [-0.2, 0) is 23.1 Å². The number of hydrogen-bond donors (Lipinski definition) is 1. The summed E-state index contributed by atoms with van der Waals surface area (Å²) < 4.78 is 30.2. The molecule has 0 aromatic carbocycles. The van der Waals surface area contributed by atoms with E-state index in [9.17, 15) is 8.42 Å². The molecule has 5 nitrogen and oxygen atoms in total. The molecule has 0 atom stereocenters. The molecule has 0 aliphatic heterocycles. The second kappa shape index (κ2) is 6.09. The number of sulfonamides is 1. The van der Waals surface area contributed by atoms with Crippen LogP contribution >= 0.6 is 11.3 Å². The zero-order valence-corrected chi connectivity index (χ0v) is 13.3. The summed E-state index contributed by atoms with van der Waals surface area (Å²) in [4.78, 5) is 0. The second-order valence-corrected chi connectivity index (χ2v) is 7.52. The molecule has 0 fully saturated rings. The lowest BCUT2D eigenvalue weighted by atomic mass is 10.2. The van der Waals surface area contributed by atoms with Crippen LogP contribution in [0, 0.1) is 6.92 Å². The highest BCUT2D eigenvalue weighted by molar-refractivity contribution is 7.88. The van der Waals surface area contributed by atoms with Crippen LogP contribution < -0.4 is 5.32 Å². The summed E-state index contributed by atoms with van der Waals surface area (Å²) in [5, 5.41) is 7.43. The van der Waals surface area contributed by atoms with Gasteiger partial charge in [-0.15, -0.1) is 0 Å². The second-order valence-electron chi connectivity index (χ2n) is 4.69. The zero-order chi connectivity index (χ0) is 14.8. The minimum atomic E-state index is -3.49. The number of nitrogens with one attached hydrogen (secondary N) is 1. The standard InChI is InChI=1S/C13H18N2O3S2/c1-10-8-19-9-11(10)6-14-7-12-4-5-13(18-12)20(16,17)15(2)3/h4-5,8-9,14H,6-7H2,1-3H3. The molecule has 20 heavy (non-hydrogen) atoms. The summed E-state index contributed by atoms with van der Waals surface area (Å²) >= 11 is 1.67. The van der Waals surface area contributed by atoms with Gasteiger partial charge in [-0.05, 0) is 40.9 Å². The van der Waals surface area contributed by atoms with E-state index in [-0.39, 0.29) is 5.09 Å². The number of rotatable bonds is 6. The smallest absolute Gasteiger partial charge is 0.275 e. The first-order chi connectivity index (χ1) is 9.41. The highest BCUT2D eigenvalue weighted by Gasteiger charge is 2.21. The van der Waals surface area contributed by atoms with E-state index in [1.165, 1.54) is 31.3 Å². The van der Waals surface area contributed by atoms with E-state index in [2.05, 4.69) is 23.0 Å². The quantitative estimate of drug-likeness (QED) is 0.888. The number of aryl methyl sites for hydroxylation is 1. The van der Waals surface area contributed by atoms with E-state index < -0.39 is 10.0 Å². The van der Waals surface area contributed by atoms with Crippen molar-refractivity contribution in [3.8, 4) is 0 Å².